The van der Waals surface area contributed by atoms with Gasteiger partial charge in [-0.15, -0.1) is 0 Å². The van der Waals surface area contributed by atoms with Crippen LogP contribution in [0.4, 0.5) is 22.7 Å². The Morgan fingerprint density at radius 3 is 1.07 bits per heavy atom. The number of rotatable bonds is 8. The fraction of sp³-hybridized carbons (Fsp3) is 0.0385. The molecule has 0 aliphatic rings. The number of anilines is 4. The minimum absolute atomic E-state index is 1.07. The van der Waals surface area contributed by atoms with Gasteiger partial charge in [0.1, 0.15) is 0 Å². The first kappa shape index (κ1) is 33.0. The Kier molecular flexibility index (Phi) is 8.70. The van der Waals surface area contributed by atoms with Crippen LogP contribution in [0, 0.1) is 13.8 Å². The van der Waals surface area contributed by atoms with E-state index in [1.165, 1.54) is 66.1 Å². The number of aryl methyl sites for hydroxylation is 2. The van der Waals surface area contributed by atoms with Gasteiger partial charge in [0.2, 0.25) is 0 Å². The predicted octanol–water partition coefficient (Wildman–Crippen LogP) is 14.8. The van der Waals surface area contributed by atoms with Gasteiger partial charge in [-0.2, -0.15) is 0 Å². The molecule has 2 heteroatoms. The molecule has 0 bridgehead atoms. The van der Waals surface area contributed by atoms with Crippen molar-refractivity contribution in [3.63, 3.8) is 0 Å². The Morgan fingerprint density at radius 2 is 0.667 bits per heavy atom. The molecule has 0 saturated heterocycles. The summed E-state index contributed by atoms with van der Waals surface area (Å²) in [6.45, 7) is 4.24. The number of benzene rings is 9. The summed E-state index contributed by atoms with van der Waals surface area (Å²) < 4.78 is 0. The van der Waals surface area contributed by atoms with E-state index in [0.717, 1.165) is 33.9 Å². The van der Waals surface area contributed by atoms with Crippen LogP contribution < -0.4 is 10.6 Å². The first-order valence-corrected chi connectivity index (χ1v) is 18.6. The molecular formula is C52H40N2. The Balaban J connectivity index is 1.28. The highest BCUT2D eigenvalue weighted by Gasteiger charge is 2.19. The maximum Gasteiger partial charge on any atom is 0.0463 e. The van der Waals surface area contributed by atoms with Gasteiger partial charge in [0.25, 0.3) is 0 Å². The van der Waals surface area contributed by atoms with Gasteiger partial charge < -0.3 is 10.6 Å². The summed E-state index contributed by atoms with van der Waals surface area (Å²) in [7, 11) is 0. The number of fused-ring (bicyclic) bond motifs is 2. The summed E-state index contributed by atoms with van der Waals surface area (Å²) in [5.74, 6) is 0. The fourth-order valence-electron chi connectivity index (χ4n) is 7.67. The molecule has 258 valence electrons. The van der Waals surface area contributed by atoms with Crippen molar-refractivity contribution >= 4 is 44.3 Å². The highest BCUT2D eigenvalue weighted by Crippen LogP contribution is 2.47. The molecule has 0 atom stereocenters. The summed E-state index contributed by atoms with van der Waals surface area (Å²) >= 11 is 0. The Bertz CT molecular complexity index is 2550. The second kappa shape index (κ2) is 14.3. The molecule has 2 nitrogen and oxygen atoms in total. The van der Waals surface area contributed by atoms with Gasteiger partial charge in [0.15, 0.2) is 0 Å². The third kappa shape index (κ3) is 6.40. The second-order valence-corrected chi connectivity index (χ2v) is 14.1. The quantitative estimate of drug-likeness (QED) is 0.155. The third-order valence-corrected chi connectivity index (χ3v) is 10.4. The zero-order valence-electron chi connectivity index (χ0n) is 30.5. The molecule has 0 aromatic heterocycles. The van der Waals surface area contributed by atoms with Crippen molar-refractivity contribution in [3.05, 3.63) is 205 Å². The first-order valence-electron chi connectivity index (χ1n) is 18.6. The lowest BCUT2D eigenvalue weighted by Gasteiger charge is -2.21. The van der Waals surface area contributed by atoms with Gasteiger partial charge in [-0.1, -0.05) is 157 Å². The molecule has 0 fully saturated rings. The molecule has 0 saturated carbocycles. The average Bonchev–Trinajstić information content (AvgIpc) is 3.22. The Labute approximate surface area is 317 Å². The first-order chi connectivity index (χ1) is 26.6. The highest BCUT2D eigenvalue weighted by molar-refractivity contribution is 6.22. The summed E-state index contributed by atoms with van der Waals surface area (Å²) in [6, 6.07) is 70.1. The summed E-state index contributed by atoms with van der Waals surface area (Å²) in [6.07, 6.45) is 0. The number of para-hydroxylation sites is 2. The Hall–Kier alpha value is -6.90. The van der Waals surface area contributed by atoms with Crippen molar-refractivity contribution in [3.8, 4) is 44.5 Å². The summed E-state index contributed by atoms with van der Waals surface area (Å²) in [5.41, 5.74) is 16.3. The van der Waals surface area contributed by atoms with Gasteiger partial charge in [0, 0.05) is 33.9 Å². The van der Waals surface area contributed by atoms with Crippen LogP contribution in [0.15, 0.2) is 194 Å². The summed E-state index contributed by atoms with van der Waals surface area (Å²) in [5, 5.41) is 12.3. The molecule has 54 heavy (non-hydrogen) atoms. The van der Waals surface area contributed by atoms with Gasteiger partial charge in [-0.3, -0.25) is 0 Å². The van der Waals surface area contributed by atoms with E-state index in [0.29, 0.717) is 0 Å². The van der Waals surface area contributed by atoms with Crippen molar-refractivity contribution in [1.29, 1.82) is 0 Å². The van der Waals surface area contributed by atoms with Crippen LogP contribution in [-0.4, -0.2) is 0 Å². The van der Waals surface area contributed by atoms with E-state index in [2.05, 4.69) is 219 Å². The van der Waals surface area contributed by atoms with E-state index in [4.69, 9.17) is 0 Å². The molecule has 9 rings (SSSR count). The highest BCUT2D eigenvalue weighted by atomic mass is 14.9. The lowest BCUT2D eigenvalue weighted by molar-refractivity contribution is 1.45. The third-order valence-electron chi connectivity index (χ3n) is 10.4. The van der Waals surface area contributed by atoms with Crippen LogP contribution in [-0.2, 0) is 0 Å². The minimum Gasteiger partial charge on any atom is -0.355 e. The van der Waals surface area contributed by atoms with Crippen molar-refractivity contribution in [2.24, 2.45) is 0 Å². The zero-order chi connectivity index (χ0) is 36.4. The Morgan fingerprint density at radius 1 is 0.296 bits per heavy atom. The molecule has 0 aliphatic carbocycles. The fourth-order valence-corrected chi connectivity index (χ4v) is 7.67. The molecule has 0 aliphatic heterocycles. The van der Waals surface area contributed by atoms with Crippen molar-refractivity contribution < 1.29 is 0 Å². The standard InChI is InChI=1S/C52H40N2/c1-35-21-27-41(28-22-35)53-49-19-11-9-17-43(49)39-25-31-45-47(33-39)51(37-13-5-3-6-14-37)46-32-26-40(34-48(46)52(45)38-15-7-4-8-16-38)44-18-10-12-20-50(44)54-42-29-23-36(2)24-30-42/h3-34,53-54H,1-2H3. The summed E-state index contributed by atoms with van der Waals surface area (Å²) in [4.78, 5) is 0. The number of hydrogen-bond donors (Lipinski definition) is 2. The smallest absolute Gasteiger partial charge is 0.0463 e. The molecule has 9 aromatic carbocycles. The SMILES string of the molecule is Cc1ccc(Nc2ccccc2-c2ccc3c(-c4ccccc4)c4cc(-c5ccccc5Nc5ccc(C)cc5)ccc4c(-c4ccccc4)c3c2)cc1. The van der Waals surface area contributed by atoms with Crippen LogP contribution in [0.25, 0.3) is 66.1 Å². The van der Waals surface area contributed by atoms with E-state index in [1.54, 1.807) is 0 Å². The monoisotopic (exact) mass is 692 g/mol. The van der Waals surface area contributed by atoms with Gasteiger partial charge in [-0.25, -0.2) is 0 Å². The predicted molar refractivity (Wildman–Crippen MR) is 232 cm³/mol. The van der Waals surface area contributed by atoms with E-state index in [9.17, 15) is 0 Å². The average molecular weight is 693 g/mol. The van der Waals surface area contributed by atoms with Crippen LogP contribution in [0.5, 0.6) is 0 Å². The molecule has 0 spiro atoms. The second-order valence-electron chi connectivity index (χ2n) is 14.1. The topological polar surface area (TPSA) is 24.1 Å². The van der Waals surface area contributed by atoms with Crippen LogP contribution in [0.2, 0.25) is 0 Å². The molecule has 9 aromatic rings. The van der Waals surface area contributed by atoms with Gasteiger partial charge in [-0.05, 0) is 117 Å². The van der Waals surface area contributed by atoms with Crippen molar-refractivity contribution in [2.45, 2.75) is 13.8 Å². The van der Waals surface area contributed by atoms with Gasteiger partial charge in [0.05, 0.1) is 0 Å². The van der Waals surface area contributed by atoms with E-state index in [1.807, 2.05) is 0 Å². The lowest BCUT2D eigenvalue weighted by atomic mass is 9.83. The normalized spacial score (nSPS) is 11.1. The van der Waals surface area contributed by atoms with Crippen LogP contribution in [0.1, 0.15) is 11.1 Å². The van der Waals surface area contributed by atoms with Crippen LogP contribution in [0.3, 0.4) is 0 Å². The maximum absolute atomic E-state index is 3.70. The molecule has 0 amide bonds. The molecule has 0 heterocycles. The van der Waals surface area contributed by atoms with E-state index < -0.39 is 0 Å². The van der Waals surface area contributed by atoms with Crippen molar-refractivity contribution in [2.75, 3.05) is 10.6 Å². The molecule has 0 radical (unpaired) electrons. The van der Waals surface area contributed by atoms with Crippen molar-refractivity contribution in [1.82, 2.24) is 0 Å². The van der Waals surface area contributed by atoms with E-state index >= 15 is 0 Å². The lowest BCUT2D eigenvalue weighted by Crippen LogP contribution is -1.96. The van der Waals surface area contributed by atoms with E-state index in [-0.39, 0.29) is 0 Å². The molecule has 2 N–H and O–H groups in total. The van der Waals surface area contributed by atoms with Crippen LogP contribution >= 0.6 is 0 Å². The minimum atomic E-state index is 1.07. The molecule has 0 unspecified atom stereocenters. The van der Waals surface area contributed by atoms with Gasteiger partial charge >= 0.3 is 0 Å². The number of nitrogens with one attached hydrogen (secondary N) is 2. The number of hydrogen-bond acceptors (Lipinski definition) is 2. The maximum atomic E-state index is 3.70. The molecular weight excluding hydrogens is 653 g/mol. The zero-order valence-corrected chi connectivity index (χ0v) is 30.5. The largest absolute Gasteiger partial charge is 0.355 e.